The van der Waals surface area contributed by atoms with Gasteiger partial charge in [-0.25, -0.2) is 9.98 Å². The number of benzene rings is 1. The van der Waals surface area contributed by atoms with Crippen molar-refractivity contribution in [2.45, 2.75) is 52.6 Å². The summed E-state index contributed by atoms with van der Waals surface area (Å²) in [5, 5.41) is 10.7. The van der Waals surface area contributed by atoms with Crippen molar-refractivity contribution in [3.05, 3.63) is 45.9 Å². The van der Waals surface area contributed by atoms with Gasteiger partial charge in [0.05, 0.1) is 13.1 Å². The molecule has 0 saturated heterocycles. The van der Waals surface area contributed by atoms with Crippen molar-refractivity contribution in [2.24, 2.45) is 10.9 Å². The molecule has 0 aliphatic heterocycles. The highest BCUT2D eigenvalue weighted by molar-refractivity contribution is 7.11. The number of aromatic nitrogens is 1. The summed E-state index contributed by atoms with van der Waals surface area (Å²) in [4.78, 5) is 22.6. The largest absolute Gasteiger partial charge is 0.357 e. The standard InChI is InChI=1S/C21H29N5OS/c1-3-22-21(25-14-19-23-12-15(2)28-19)24-13-16-7-6-10-18(11-16)26-20(27)17-8-4-5-9-17/h6-7,10-12,17H,3-5,8-9,13-14H2,1-2H3,(H,26,27)(H2,22,24,25). The van der Waals surface area contributed by atoms with E-state index in [0.717, 1.165) is 54.4 Å². The van der Waals surface area contributed by atoms with E-state index in [9.17, 15) is 4.79 Å². The summed E-state index contributed by atoms with van der Waals surface area (Å²) < 4.78 is 0. The minimum atomic E-state index is 0.145. The van der Waals surface area contributed by atoms with E-state index in [1.165, 1.54) is 4.88 Å². The van der Waals surface area contributed by atoms with E-state index in [4.69, 9.17) is 0 Å². The highest BCUT2D eigenvalue weighted by Crippen LogP contribution is 2.26. The van der Waals surface area contributed by atoms with Crippen LogP contribution in [0.25, 0.3) is 0 Å². The van der Waals surface area contributed by atoms with Crippen LogP contribution >= 0.6 is 11.3 Å². The van der Waals surface area contributed by atoms with Gasteiger partial charge in [0.1, 0.15) is 5.01 Å². The van der Waals surface area contributed by atoms with E-state index in [2.05, 4.69) is 32.9 Å². The summed E-state index contributed by atoms with van der Waals surface area (Å²) in [7, 11) is 0. The van der Waals surface area contributed by atoms with Crippen molar-refractivity contribution >= 4 is 28.9 Å². The number of amides is 1. The van der Waals surface area contributed by atoms with Crippen LogP contribution in [0.1, 0.15) is 48.1 Å². The molecule has 1 saturated carbocycles. The van der Waals surface area contributed by atoms with Crippen LogP contribution in [0.15, 0.2) is 35.5 Å². The molecule has 28 heavy (non-hydrogen) atoms. The topological polar surface area (TPSA) is 78.4 Å². The summed E-state index contributed by atoms with van der Waals surface area (Å²) in [6, 6.07) is 7.94. The number of hydrogen-bond acceptors (Lipinski definition) is 4. The summed E-state index contributed by atoms with van der Waals surface area (Å²) in [6.45, 7) is 6.09. The van der Waals surface area contributed by atoms with Gasteiger partial charge >= 0.3 is 0 Å². The van der Waals surface area contributed by atoms with Crippen LogP contribution in [-0.4, -0.2) is 23.4 Å². The van der Waals surface area contributed by atoms with Gasteiger partial charge in [-0.3, -0.25) is 4.79 Å². The van der Waals surface area contributed by atoms with Crippen molar-refractivity contribution in [1.29, 1.82) is 0 Å². The molecule has 1 aliphatic carbocycles. The lowest BCUT2D eigenvalue weighted by Crippen LogP contribution is -2.36. The van der Waals surface area contributed by atoms with Crippen LogP contribution in [-0.2, 0) is 17.9 Å². The lowest BCUT2D eigenvalue weighted by molar-refractivity contribution is -0.119. The molecule has 1 amide bonds. The van der Waals surface area contributed by atoms with Crippen LogP contribution in [0, 0.1) is 12.8 Å². The first-order valence-corrected chi connectivity index (χ1v) is 10.8. The van der Waals surface area contributed by atoms with Crippen molar-refractivity contribution in [3.8, 4) is 0 Å². The molecule has 0 radical (unpaired) electrons. The van der Waals surface area contributed by atoms with Crippen LogP contribution in [0.2, 0.25) is 0 Å². The predicted molar refractivity (Wildman–Crippen MR) is 116 cm³/mol. The molecule has 0 spiro atoms. The molecule has 0 unspecified atom stereocenters. The van der Waals surface area contributed by atoms with Crippen molar-refractivity contribution in [3.63, 3.8) is 0 Å². The van der Waals surface area contributed by atoms with Gasteiger partial charge in [0, 0.05) is 29.2 Å². The van der Waals surface area contributed by atoms with Crippen LogP contribution < -0.4 is 16.0 Å². The zero-order valence-electron chi connectivity index (χ0n) is 16.6. The van der Waals surface area contributed by atoms with Gasteiger partial charge in [-0.05, 0) is 44.4 Å². The Morgan fingerprint density at radius 3 is 2.82 bits per heavy atom. The number of carbonyl (C=O) groups excluding carboxylic acids is 1. The van der Waals surface area contributed by atoms with Crippen LogP contribution in [0.3, 0.4) is 0 Å². The zero-order chi connectivity index (χ0) is 19.8. The fourth-order valence-electron chi connectivity index (χ4n) is 3.33. The van der Waals surface area contributed by atoms with Gasteiger partial charge in [-0.15, -0.1) is 11.3 Å². The Kier molecular flexibility index (Phi) is 7.42. The molecule has 1 aromatic carbocycles. The van der Waals surface area contributed by atoms with E-state index >= 15 is 0 Å². The molecule has 2 aromatic rings. The van der Waals surface area contributed by atoms with Gasteiger partial charge in [-0.1, -0.05) is 25.0 Å². The number of rotatable bonds is 7. The molecule has 3 N–H and O–H groups in total. The van der Waals surface area contributed by atoms with Crippen LogP contribution in [0.4, 0.5) is 5.69 Å². The number of guanidine groups is 1. The number of aryl methyl sites for hydroxylation is 1. The third-order valence-corrected chi connectivity index (χ3v) is 5.67. The lowest BCUT2D eigenvalue weighted by atomic mass is 10.1. The third-order valence-electron chi connectivity index (χ3n) is 4.76. The summed E-state index contributed by atoms with van der Waals surface area (Å²) in [5.41, 5.74) is 1.91. The normalized spacial score (nSPS) is 14.9. The van der Waals surface area contributed by atoms with E-state index in [1.54, 1.807) is 11.3 Å². The molecule has 6 nitrogen and oxygen atoms in total. The monoisotopic (exact) mass is 399 g/mol. The average Bonchev–Trinajstić information content (AvgIpc) is 3.36. The first kappa shape index (κ1) is 20.3. The number of hydrogen-bond donors (Lipinski definition) is 3. The molecule has 0 atom stereocenters. The lowest BCUT2D eigenvalue weighted by Gasteiger charge is -2.12. The molecular formula is C21H29N5OS. The van der Waals surface area contributed by atoms with Gasteiger partial charge in [0.25, 0.3) is 0 Å². The minimum Gasteiger partial charge on any atom is -0.357 e. The maximum absolute atomic E-state index is 12.3. The second-order valence-corrected chi connectivity index (χ2v) is 8.40. The Morgan fingerprint density at radius 1 is 1.29 bits per heavy atom. The summed E-state index contributed by atoms with van der Waals surface area (Å²) in [6.07, 6.45) is 6.22. The highest BCUT2D eigenvalue weighted by Gasteiger charge is 2.22. The van der Waals surface area contributed by atoms with Crippen molar-refractivity contribution < 1.29 is 4.79 Å². The number of nitrogens with one attached hydrogen (secondary N) is 3. The van der Waals surface area contributed by atoms with Gasteiger partial charge in [0.15, 0.2) is 5.96 Å². The SMILES string of the molecule is CCNC(=NCc1cccc(NC(=O)C2CCCC2)c1)NCc1ncc(C)s1. The fraction of sp³-hybridized carbons (Fsp3) is 0.476. The van der Waals surface area contributed by atoms with E-state index in [-0.39, 0.29) is 11.8 Å². The van der Waals surface area contributed by atoms with Gasteiger partial charge in [0.2, 0.25) is 5.91 Å². The molecule has 1 heterocycles. The van der Waals surface area contributed by atoms with E-state index in [0.29, 0.717) is 13.1 Å². The van der Waals surface area contributed by atoms with E-state index < -0.39 is 0 Å². The Balaban J connectivity index is 1.57. The number of thiazole rings is 1. The predicted octanol–water partition coefficient (Wildman–Crippen LogP) is 3.84. The molecule has 3 rings (SSSR count). The van der Waals surface area contributed by atoms with Crippen LogP contribution in [0.5, 0.6) is 0 Å². The van der Waals surface area contributed by atoms with Crippen molar-refractivity contribution in [1.82, 2.24) is 15.6 Å². The molecule has 150 valence electrons. The minimum absolute atomic E-state index is 0.145. The molecule has 0 bridgehead atoms. The second-order valence-electron chi connectivity index (χ2n) is 7.08. The maximum atomic E-state index is 12.3. The van der Waals surface area contributed by atoms with Crippen molar-refractivity contribution in [2.75, 3.05) is 11.9 Å². The second kappa shape index (κ2) is 10.2. The average molecular weight is 400 g/mol. The number of anilines is 1. The summed E-state index contributed by atoms with van der Waals surface area (Å²) >= 11 is 1.68. The Hall–Kier alpha value is -2.41. The third kappa shape index (κ3) is 6.05. The first-order chi connectivity index (χ1) is 13.6. The van der Waals surface area contributed by atoms with Gasteiger partial charge < -0.3 is 16.0 Å². The van der Waals surface area contributed by atoms with Gasteiger partial charge in [-0.2, -0.15) is 0 Å². The molecule has 1 aliphatic rings. The number of carbonyl (C=O) groups is 1. The quantitative estimate of drug-likeness (QED) is 0.488. The summed E-state index contributed by atoms with van der Waals surface area (Å²) in [5.74, 6) is 1.07. The molecule has 1 aromatic heterocycles. The fourth-order valence-corrected chi connectivity index (χ4v) is 4.06. The maximum Gasteiger partial charge on any atom is 0.227 e. The number of nitrogens with zero attached hydrogens (tertiary/aromatic N) is 2. The van der Waals surface area contributed by atoms with E-state index in [1.807, 2.05) is 37.4 Å². The molecular weight excluding hydrogens is 370 g/mol. The first-order valence-electron chi connectivity index (χ1n) is 9.97. The highest BCUT2D eigenvalue weighted by atomic mass is 32.1. The smallest absolute Gasteiger partial charge is 0.227 e. The molecule has 7 heteroatoms. The Labute approximate surface area is 170 Å². The Morgan fingerprint density at radius 2 is 2.11 bits per heavy atom. The zero-order valence-corrected chi connectivity index (χ0v) is 17.4. The molecule has 1 fully saturated rings. The Bertz CT molecular complexity index is 811. The number of aliphatic imine (C=N–C) groups is 1.